The minimum atomic E-state index is -1.32. The number of nitro groups is 2. The molecule has 0 aliphatic carbocycles. The van der Waals surface area contributed by atoms with Crippen molar-refractivity contribution in [3.05, 3.63) is 79.9 Å². The second kappa shape index (κ2) is 9.24. The number of non-ortho nitro benzene ring substituents is 2. The van der Waals surface area contributed by atoms with Gasteiger partial charge in [0.05, 0.1) is 23.1 Å². The Morgan fingerprint density at radius 3 is 2.06 bits per heavy atom. The number of benzene rings is 2. The number of aliphatic hydroxyl groups excluding tert-OH is 2. The van der Waals surface area contributed by atoms with E-state index in [2.05, 4.69) is 0 Å². The molecule has 170 valence electrons. The van der Waals surface area contributed by atoms with E-state index in [1.54, 1.807) is 12.1 Å². The third-order valence-electron chi connectivity index (χ3n) is 5.26. The molecule has 2 aliphatic heterocycles. The first-order chi connectivity index (χ1) is 15.4. The van der Waals surface area contributed by atoms with Gasteiger partial charge in [-0.25, -0.2) is 0 Å². The first-order valence-corrected chi connectivity index (χ1v) is 9.73. The molecule has 2 fully saturated rings. The molecule has 12 heteroatoms. The predicted molar refractivity (Wildman–Crippen MR) is 105 cm³/mol. The van der Waals surface area contributed by atoms with E-state index in [4.69, 9.17) is 18.9 Å². The first kappa shape index (κ1) is 22.2. The molecule has 4 rings (SSSR count). The smallest absolute Gasteiger partial charge is 0.269 e. The predicted octanol–water partition coefficient (Wildman–Crippen LogP) is 1.75. The summed E-state index contributed by atoms with van der Waals surface area (Å²) in [4.78, 5) is 21.0. The average Bonchev–Trinajstić information content (AvgIpc) is 3.22. The van der Waals surface area contributed by atoms with E-state index >= 15 is 0 Å². The summed E-state index contributed by atoms with van der Waals surface area (Å²) in [6.45, 7) is -0.678. The van der Waals surface area contributed by atoms with Crippen molar-refractivity contribution in [1.82, 2.24) is 0 Å². The molecule has 12 nitrogen and oxygen atoms in total. The number of fused-ring (bicyclic) bond motifs is 1. The minimum Gasteiger partial charge on any atom is -0.394 e. The maximum Gasteiger partial charge on any atom is 0.269 e. The number of aliphatic hydroxyl groups is 2. The summed E-state index contributed by atoms with van der Waals surface area (Å²) in [5, 5.41) is 42.7. The van der Waals surface area contributed by atoms with Crippen molar-refractivity contribution in [3.63, 3.8) is 0 Å². The Balaban J connectivity index is 1.57. The van der Waals surface area contributed by atoms with E-state index in [0.29, 0.717) is 11.1 Å². The lowest BCUT2D eigenvalue weighted by Gasteiger charge is -2.34. The van der Waals surface area contributed by atoms with Crippen LogP contribution in [0.5, 0.6) is 0 Å². The lowest BCUT2D eigenvalue weighted by Crippen LogP contribution is -2.49. The molecule has 2 heterocycles. The van der Waals surface area contributed by atoms with Crippen LogP contribution >= 0.6 is 0 Å². The van der Waals surface area contributed by atoms with Gasteiger partial charge in [-0.05, 0) is 0 Å². The molecule has 0 spiro atoms. The summed E-state index contributed by atoms with van der Waals surface area (Å²) in [7, 11) is 0. The van der Waals surface area contributed by atoms with E-state index in [9.17, 15) is 30.4 Å². The lowest BCUT2D eigenvalue weighted by atomic mass is 10.0. The third-order valence-corrected chi connectivity index (χ3v) is 5.26. The molecule has 2 aliphatic rings. The highest BCUT2D eigenvalue weighted by atomic mass is 16.8. The standard InChI is InChI=1S/C20H20N2O10/c23-9-15-17(24)18-16(31-20(32-18)12-4-2-6-14(8-12)22(27)28)10-29-19(30-15)11-3-1-5-13(7-11)21(25)26/h1-8,15-20,23-24H,9-10H2/t15-,16+,17-,18-,19?,20?/m1/s1. The number of nitro benzene ring substituents is 2. The van der Waals surface area contributed by atoms with Crippen molar-refractivity contribution in [2.45, 2.75) is 37.0 Å². The van der Waals surface area contributed by atoms with Gasteiger partial charge < -0.3 is 29.2 Å². The van der Waals surface area contributed by atoms with Gasteiger partial charge in [0.25, 0.3) is 11.4 Å². The van der Waals surface area contributed by atoms with Gasteiger partial charge in [0, 0.05) is 35.4 Å². The van der Waals surface area contributed by atoms with Gasteiger partial charge in [0.1, 0.15) is 24.4 Å². The highest BCUT2D eigenvalue weighted by Crippen LogP contribution is 2.38. The summed E-state index contributed by atoms with van der Waals surface area (Å²) in [5.74, 6) is 0. The Morgan fingerprint density at radius 1 is 0.906 bits per heavy atom. The van der Waals surface area contributed by atoms with E-state index in [0.717, 1.165) is 0 Å². The Labute approximate surface area is 181 Å². The molecule has 0 bridgehead atoms. The fraction of sp³-hybridized carbons (Fsp3) is 0.400. The maximum absolute atomic E-state index is 11.1. The van der Waals surface area contributed by atoms with Gasteiger partial charge in [-0.3, -0.25) is 20.2 Å². The zero-order valence-electron chi connectivity index (χ0n) is 16.6. The molecule has 2 unspecified atom stereocenters. The molecule has 0 amide bonds. The molecule has 0 saturated carbocycles. The highest BCUT2D eigenvalue weighted by Gasteiger charge is 2.47. The van der Waals surface area contributed by atoms with Gasteiger partial charge in [0.2, 0.25) is 0 Å². The highest BCUT2D eigenvalue weighted by molar-refractivity contribution is 5.36. The van der Waals surface area contributed by atoms with Crippen molar-refractivity contribution >= 4 is 11.4 Å². The fourth-order valence-corrected chi connectivity index (χ4v) is 3.66. The number of ether oxygens (including phenoxy) is 4. The molecular formula is C20H20N2O10. The Kier molecular flexibility index (Phi) is 6.41. The summed E-state index contributed by atoms with van der Waals surface area (Å²) < 4.78 is 23.1. The number of nitrogens with zero attached hydrogens (tertiary/aromatic N) is 2. The normalized spacial score (nSPS) is 30.2. The second-order valence-electron chi connectivity index (χ2n) is 7.32. The summed E-state index contributed by atoms with van der Waals surface area (Å²) in [6.07, 6.45) is -6.30. The van der Waals surface area contributed by atoms with Crippen molar-refractivity contribution in [3.8, 4) is 0 Å². The lowest BCUT2D eigenvalue weighted by molar-refractivity contribution is -0.385. The van der Waals surface area contributed by atoms with Crippen LogP contribution in [-0.4, -0.2) is 57.7 Å². The number of hydrogen-bond acceptors (Lipinski definition) is 10. The Hall–Kier alpha value is -3.00. The van der Waals surface area contributed by atoms with Crippen LogP contribution in [0, 0.1) is 20.2 Å². The van der Waals surface area contributed by atoms with E-state index < -0.39 is 53.4 Å². The first-order valence-electron chi connectivity index (χ1n) is 9.73. The van der Waals surface area contributed by atoms with Crippen LogP contribution in [0.25, 0.3) is 0 Å². The number of rotatable bonds is 5. The molecule has 6 atom stereocenters. The monoisotopic (exact) mass is 448 g/mol. The van der Waals surface area contributed by atoms with Crippen molar-refractivity contribution in [2.75, 3.05) is 13.2 Å². The Bertz CT molecular complexity index is 1000. The average molecular weight is 448 g/mol. The Morgan fingerprint density at radius 2 is 1.50 bits per heavy atom. The van der Waals surface area contributed by atoms with Gasteiger partial charge in [-0.15, -0.1) is 0 Å². The molecule has 0 radical (unpaired) electrons. The minimum absolute atomic E-state index is 0.0986. The van der Waals surface area contributed by atoms with Crippen LogP contribution in [0.3, 0.4) is 0 Å². The molecule has 0 aromatic heterocycles. The summed E-state index contributed by atoms with van der Waals surface area (Å²) in [5.41, 5.74) is 0.410. The summed E-state index contributed by atoms with van der Waals surface area (Å²) >= 11 is 0. The topological polar surface area (TPSA) is 164 Å². The molecule has 2 saturated heterocycles. The van der Waals surface area contributed by atoms with Crippen LogP contribution in [-0.2, 0) is 18.9 Å². The molecule has 2 aromatic rings. The molecule has 2 N–H and O–H groups in total. The molecule has 2 aromatic carbocycles. The van der Waals surface area contributed by atoms with Crippen LogP contribution < -0.4 is 0 Å². The van der Waals surface area contributed by atoms with Gasteiger partial charge in [0.15, 0.2) is 12.6 Å². The van der Waals surface area contributed by atoms with Gasteiger partial charge in [-0.2, -0.15) is 0 Å². The van der Waals surface area contributed by atoms with Crippen LogP contribution in [0.4, 0.5) is 11.4 Å². The van der Waals surface area contributed by atoms with E-state index in [1.807, 2.05) is 0 Å². The largest absolute Gasteiger partial charge is 0.394 e. The summed E-state index contributed by atoms with van der Waals surface area (Å²) in [6, 6.07) is 11.4. The zero-order valence-corrected chi connectivity index (χ0v) is 16.6. The van der Waals surface area contributed by atoms with Crippen LogP contribution in [0.1, 0.15) is 23.7 Å². The molecule has 32 heavy (non-hydrogen) atoms. The van der Waals surface area contributed by atoms with Gasteiger partial charge >= 0.3 is 0 Å². The maximum atomic E-state index is 11.1. The SMILES string of the molecule is O=[N+]([O-])c1cccc(C2O[C@H]3[C@H](O)[C@@H](CO)OC(c4cccc([N+](=O)[O-])c4)OC[C@@H]3O2)c1. The van der Waals surface area contributed by atoms with Crippen LogP contribution in [0.15, 0.2) is 48.5 Å². The fourth-order valence-electron chi connectivity index (χ4n) is 3.66. The third kappa shape index (κ3) is 4.46. The van der Waals surface area contributed by atoms with E-state index in [1.165, 1.54) is 36.4 Å². The van der Waals surface area contributed by atoms with Crippen molar-refractivity contribution < 1.29 is 39.0 Å². The quantitative estimate of drug-likeness (QED) is 0.509. The van der Waals surface area contributed by atoms with E-state index in [-0.39, 0.29) is 18.0 Å². The van der Waals surface area contributed by atoms with Crippen LogP contribution in [0.2, 0.25) is 0 Å². The van der Waals surface area contributed by atoms with Crippen molar-refractivity contribution in [2.24, 2.45) is 0 Å². The number of hydrogen-bond donors (Lipinski definition) is 2. The zero-order chi connectivity index (χ0) is 22.8. The molecular weight excluding hydrogens is 428 g/mol. The van der Waals surface area contributed by atoms with Gasteiger partial charge in [-0.1, -0.05) is 24.3 Å². The van der Waals surface area contributed by atoms with Crippen molar-refractivity contribution in [1.29, 1.82) is 0 Å². The second-order valence-corrected chi connectivity index (χ2v) is 7.32.